The van der Waals surface area contributed by atoms with E-state index in [4.69, 9.17) is 5.11 Å². The molecule has 2 N–H and O–H groups in total. The molecule has 1 aliphatic rings. The van der Waals surface area contributed by atoms with E-state index < -0.39 is 5.97 Å². The zero-order chi connectivity index (χ0) is 11.7. The van der Waals surface area contributed by atoms with E-state index in [9.17, 15) is 9.18 Å². The summed E-state index contributed by atoms with van der Waals surface area (Å²) in [6.07, 6.45) is 1.86. The van der Waals surface area contributed by atoms with Crippen molar-refractivity contribution in [3.05, 3.63) is 34.6 Å². The number of carboxylic acid groups (broad SMARTS) is 1. The summed E-state index contributed by atoms with van der Waals surface area (Å²) in [4.78, 5) is 11.0. The zero-order valence-corrected chi connectivity index (χ0v) is 9.09. The average molecular weight is 223 g/mol. The van der Waals surface area contributed by atoms with Crippen LogP contribution in [0.1, 0.15) is 40.4 Å². The minimum Gasteiger partial charge on any atom is -0.478 e. The molecule has 86 valence electrons. The van der Waals surface area contributed by atoms with Crippen molar-refractivity contribution in [2.24, 2.45) is 0 Å². The number of aromatic carboxylic acids is 1. The summed E-state index contributed by atoms with van der Waals surface area (Å²) >= 11 is 0. The number of rotatable bonds is 2. The van der Waals surface area contributed by atoms with Gasteiger partial charge in [-0.3, -0.25) is 0 Å². The third kappa shape index (κ3) is 1.93. The van der Waals surface area contributed by atoms with Crippen molar-refractivity contribution >= 4 is 5.97 Å². The fourth-order valence-electron chi connectivity index (χ4n) is 2.14. The zero-order valence-electron chi connectivity index (χ0n) is 9.09. The second-order valence-electron chi connectivity index (χ2n) is 4.14. The van der Waals surface area contributed by atoms with Gasteiger partial charge in [0, 0.05) is 11.6 Å². The van der Waals surface area contributed by atoms with Crippen LogP contribution in [0, 0.1) is 12.7 Å². The largest absolute Gasteiger partial charge is 0.478 e. The number of halogens is 1. The van der Waals surface area contributed by atoms with Gasteiger partial charge in [0.25, 0.3) is 0 Å². The molecule has 1 atom stereocenters. The maximum absolute atomic E-state index is 13.7. The normalized spacial score (nSPS) is 20.0. The topological polar surface area (TPSA) is 49.3 Å². The predicted molar refractivity (Wildman–Crippen MR) is 58.1 cm³/mol. The van der Waals surface area contributed by atoms with Crippen LogP contribution in [0.25, 0.3) is 0 Å². The predicted octanol–water partition coefficient (Wildman–Crippen LogP) is 2.26. The lowest BCUT2D eigenvalue weighted by Gasteiger charge is -2.13. The Morgan fingerprint density at radius 1 is 1.56 bits per heavy atom. The molecule has 1 fully saturated rings. The number of carbonyl (C=O) groups is 1. The third-order valence-corrected chi connectivity index (χ3v) is 3.01. The molecule has 4 heteroatoms. The van der Waals surface area contributed by atoms with Gasteiger partial charge in [0.1, 0.15) is 5.82 Å². The lowest BCUT2D eigenvalue weighted by Crippen LogP contribution is -2.15. The first-order valence-electron chi connectivity index (χ1n) is 5.36. The van der Waals surface area contributed by atoms with Crippen molar-refractivity contribution in [3.8, 4) is 0 Å². The van der Waals surface area contributed by atoms with E-state index in [2.05, 4.69) is 5.32 Å². The molecule has 0 amide bonds. The summed E-state index contributed by atoms with van der Waals surface area (Å²) in [7, 11) is 0. The average Bonchev–Trinajstić information content (AvgIpc) is 2.70. The van der Waals surface area contributed by atoms with Gasteiger partial charge in [0.2, 0.25) is 0 Å². The van der Waals surface area contributed by atoms with Gasteiger partial charge in [-0.2, -0.15) is 0 Å². The molecule has 0 bridgehead atoms. The van der Waals surface area contributed by atoms with Gasteiger partial charge in [0.15, 0.2) is 0 Å². The highest BCUT2D eigenvalue weighted by Gasteiger charge is 2.22. The second kappa shape index (κ2) is 4.22. The van der Waals surface area contributed by atoms with Crippen molar-refractivity contribution < 1.29 is 14.3 Å². The summed E-state index contributed by atoms with van der Waals surface area (Å²) in [6, 6.07) is 2.72. The van der Waals surface area contributed by atoms with E-state index >= 15 is 0 Å². The molecule has 16 heavy (non-hydrogen) atoms. The van der Waals surface area contributed by atoms with Crippen LogP contribution in [0.5, 0.6) is 0 Å². The van der Waals surface area contributed by atoms with Gasteiger partial charge >= 0.3 is 5.97 Å². The molecule has 3 nitrogen and oxygen atoms in total. The minimum absolute atomic E-state index is 0.0429. The molecule has 1 aromatic carbocycles. The molecule has 1 unspecified atom stereocenters. The number of aryl methyl sites for hydroxylation is 1. The van der Waals surface area contributed by atoms with Crippen molar-refractivity contribution in [2.75, 3.05) is 6.54 Å². The maximum Gasteiger partial charge on any atom is 0.335 e. The van der Waals surface area contributed by atoms with Gasteiger partial charge in [-0.15, -0.1) is 0 Å². The monoisotopic (exact) mass is 223 g/mol. The van der Waals surface area contributed by atoms with Crippen LogP contribution in [0.3, 0.4) is 0 Å². The Morgan fingerprint density at radius 2 is 2.31 bits per heavy atom. The van der Waals surface area contributed by atoms with Crippen molar-refractivity contribution in [1.29, 1.82) is 0 Å². The van der Waals surface area contributed by atoms with Crippen molar-refractivity contribution in [1.82, 2.24) is 5.32 Å². The summed E-state index contributed by atoms with van der Waals surface area (Å²) < 4.78 is 13.7. The van der Waals surface area contributed by atoms with Crippen LogP contribution >= 0.6 is 0 Å². The standard InChI is InChI=1S/C12H14FNO2/c1-7-5-10(13)9(6-8(7)12(15)16)11-3-2-4-14-11/h5-6,11,14H,2-4H2,1H3,(H,15,16). The Labute approximate surface area is 93.3 Å². The van der Waals surface area contributed by atoms with E-state index in [1.807, 2.05) is 0 Å². The van der Waals surface area contributed by atoms with Gasteiger partial charge in [0.05, 0.1) is 5.56 Å². The molecule has 1 heterocycles. The number of carboxylic acids is 1. The summed E-state index contributed by atoms with van der Waals surface area (Å²) in [5.74, 6) is -1.32. The highest BCUT2D eigenvalue weighted by atomic mass is 19.1. The Balaban J connectivity index is 2.44. The van der Waals surface area contributed by atoms with Crippen LogP contribution < -0.4 is 5.32 Å². The van der Waals surface area contributed by atoms with Crippen LogP contribution in [-0.2, 0) is 0 Å². The Kier molecular flexibility index (Phi) is 2.92. The van der Waals surface area contributed by atoms with Gasteiger partial charge in [-0.05, 0) is 44.0 Å². The number of nitrogens with one attached hydrogen (secondary N) is 1. The lowest BCUT2D eigenvalue weighted by atomic mass is 9.98. The number of hydrogen-bond acceptors (Lipinski definition) is 2. The molecule has 0 spiro atoms. The first kappa shape index (κ1) is 11.1. The highest BCUT2D eigenvalue weighted by Crippen LogP contribution is 2.27. The Morgan fingerprint density at radius 3 is 2.88 bits per heavy atom. The van der Waals surface area contributed by atoms with Gasteiger partial charge < -0.3 is 10.4 Å². The fourth-order valence-corrected chi connectivity index (χ4v) is 2.14. The summed E-state index contributed by atoms with van der Waals surface area (Å²) in [5, 5.41) is 12.1. The van der Waals surface area contributed by atoms with Gasteiger partial charge in [-0.25, -0.2) is 9.18 Å². The SMILES string of the molecule is Cc1cc(F)c(C2CCCN2)cc1C(=O)O. The molecular weight excluding hydrogens is 209 g/mol. The van der Waals surface area contributed by atoms with E-state index in [-0.39, 0.29) is 17.4 Å². The van der Waals surface area contributed by atoms with Crippen LogP contribution in [0.15, 0.2) is 12.1 Å². The fraction of sp³-hybridized carbons (Fsp3) is 0.417. The smallest absolute Gasteiger partial charge is 0.335 e. The second-order valence-corrected chi connectivity index (χ2v) is 4.14. The molecule has 0 radical (unpaired) electrons. The number of benzene rings is 1. The molecule has 2 rings (SSSR count). The van der Waals surface area contributed by atoms with Crippen LogP contribution in [0.2, 0.25) is 0 Å². The molecule has 0 aromatic heterocycles. The summed E-state index contributed by atoms with van der Waals surface area (Å²) in [6.45, 7) is 2.47. The first-order valence-corrected chi connectivity index (χ1v) is 5.36. The van der Waals surface area contributed by atoms with E-state index in [1.54, 1.807) is 6.92 Å². The van der Waals surface area contributed by atoms with Crippen molar-refractivity contribution in [2.45, 2.75) is 25.8 Å². The Hall–Kier alpha value is -1.42. The molecule has 1 aromatic rings. The van der Waals surface area contributed by atoms with E-state index in [0.717, 1.165) is 19.4 Å². The van der Waals surface area contributed by atoms with Crippen LogP contribution in [-0.4, -0.2) is 17.6 Å². The van der Waals surface area contributed by atoms with Crippen molar-refractivity contribution in [3.63, 3.8) is 0 Å². The molecule has 0 saturated carbocycles. The van der Waals surface area contributed by atoms with E-state index in [1.165, 1.54) is 12.1 Å². The quantitative estimate of drug-likeness (QED) is 0.808. The first-order chi connectivity index (χ1) is 7.59. The minimum atomic E-state index is -1.00. The third-order valence-electron chi connectivity index (χ3n) is 3.01. The lowest BCUT2D eigenvalue weighted by molar-refractivity contribution is 0.0696. The highest BCUT2D eigenvalue weighted by molar-refractivity contribution is 5.89. The Bertz CT molecular complexity index is 425. The molecule has 1 aliphatic heterocycles. The number of hydrogen-bond donors (Lipinski definition) is 2. The molecular formula is C12H14FNO2. The molecule has 1 saturated heterocycles. The molecule has 0 aliphatic carbocycles. The van der Waals surface area contributed by atoms with Crippen LogP contribution in [0.4, 0.5) is 4.39 Å². The van der Waals surface area contributed by atoms with E-state index in [0.29, 0.717) is 11.1 Å². The van der Waals surface area contributed by atoms with Gasteiger partial charge in [-0.1, -0.05) is 0 Å². The maximum atomic E-state index is 13.7. The summed E-state index contributed by atoms with van der Waals surface area (Å²) in [5.41, 5.74) is 1.12.